The van der Waals surface area contributed by atoms with E-state index in [9.17, 15) is 63.0 Å². The van der Waals surface area contributed by atoms with Gasteiger partial charge in [-0.25, -0.2) is 28.6 Å². The van der Waals surface area contributed by atoms with Gasteiger partial charge in [0.1, 0.15) is 42.0 Å². The molecule has 2 amide bonds. The van der Waals surface area contributed by atoms with Gasteiger partial charge < -0.3 is 56.0 Å². The van der Waals surface area contributed by atoms with Crippen LogP contribution in [0.15, 0.2) is 12.7 Å². The zero-order chi connectivity index (χ0) is 40.8. The summed E-state index contributed by atoms with van der Waals surface area (Å²) in [6.07, 6.45) is -7.89. The number of hydrogen-bond donors (Lipinski definition) is 10. The second-order valence-corrected chi connectivity index (χ2v) is 17.1. The number of aromatic nitrogens is 4. The Morgan fingerprint density at radius 3 is 2.26 bits per heavy atom. The van der Waals surface area contributed by atoms with E-state index in [0.29, 0.717) is 0 Å². The number of nitrogens with zero attached hydrogens (tertiary/aromatic N) is 4. The van der Waals surface area contributed by atoms with Crippen molar-refractivity contribution in [2.24, 2.45) is 11.3 Å². The number of phosphoric ester groups is 3. The van der Waals surface area contributed by atoms with E-state index in [2.05, 4.69) is 34.4 Å². The maximum absolute atomic E-state index is 12.6. The van der Waals surface area contributed by atoms with Crippen LogP contribution in [-0.4, -0.2) is 129 Å². The third-order valence-electron chi connectivity index (χ3n) is 8.00. The first kappa shape index (κ1) is 45.6. The molecule has 9 atom stereocenters. The Labute approximate surface area is 307 Å². The predicted octanol–water partition coefficient (Wildman–Crippen LogP) is -1.62. The summed E-state index contributed by atoms with van der Waals surface area (Å²) in [4.78, 5) is 87.3. The van der Waals surface area contributed by atoms with Crippen LogP contribution in [0.1, 0.15) is 46.8 Å². The number of aliphatic hydroxyl groups excluding tert-OH is 3. The molecule has 9 unspecified atom stereocenters. The number of Topliss-reactive ketones (excluding diaryl/α,β-unsaturated/α-hetero) is 1. The fourth-order valence-corrected chi connectivity index (χ4v) is 7.59. The van der Waals surface area contributed by atoms with Crippen LogP contribution in [0.4, 0.5) is 5.82 Å². The summed E-state index contributed by atoms with van der Waals surface area (Å²) in [5.41, 5.74) is 4.22. The lowest BCUT2D eigenvalue weighted by atomic mass is 9.87. The molecule has 0 aliphatic carbocycles. The maximum Gasteiger partial charge on any atom is 0.481 e. The van der Waals surface area contributed by atoms with Gasteiger partial charge in [-0.05, 0) is 6.92 Å². The van der Waals surface area contributed by atoms with E-state index in [-0.39, 0.29) is 48.7 Å². The minimum absolute atomic E-state index is 0.00457. The third-order valence-corrected chi connectivity index (χ3v) is 11.1. The first-order valence-electron chi connectivity index (χ1n) is 15.9. The van der Waals surface area contributed by atoms with E-state index in [4.69, 9.17) is 19.5 Å². The van der Waals surface area contributed by atoms with E-state index in [1.807, 2.05) is 0 Å². The summed E-state index contributed by atoms with van der Waals surface area (Å²) in [7, 11) is -16.4. The van der Waals surface area contributed by atoms with Crippen LogP contribution < -0.4 is 16.4 Å². The lowest BCUT2D eigenvalue weighted by Gasteiger charge is -2.30. The van der Waals surface area contributed by atoms with Crippen LogP contribution in [0.5, 0.6) is 0 Å². The molecule has 0 spiro atoms. The molecule has 11 N–H and O–H groups in total. The molecule has 1 aliphatic rings. The standard InChI is InChI=1S/C26H44N7O18P3/c1-13(14(2)34)15(35)5-7-28-17(36)6-8-29-24(39)21(38)26(3,4)10-48-54(45,46)51-53(43,44)47-9-16-20(50-52(40,41)42)19(37)25(49-16)33-12-32-18-22(27)30-11-31-23(18)33/h11-14,16,19-21,25,34,37-38H,5-10H2,1-4H3,(H,28,36)(H,29,39)(H,43,44)(H,45,46)(H2,27,30,31)(H2,40,41,42). The number of nitrogen functional groups attached to an aromatic ring is 1. The van der Waals surface area contributed by atoms with Crippen LogP contribution in [-0.2, 0) is 50.7 Å². The maximum atomic E-state index is 12.6. The van der Waals surface area contributed by atoms with Gasteiger partial charge in [-0.1, -0.05) is 20.8 Å². The largest absolute Gasteiger partial charge is 0.481 e. The number of amides is 2. The van der Waals surface area contributed by atoms with Crippen molar-refractivity contribution < 1.29 is 85.6 Å². The summed E-state index contributed by atoms with van der Waals surface area (Å²) >= 11 is 0. The molecule has 1 aliphatic heterocycles. The molecule has 2 aromatic heterocycles. The molecule has 0 bridgehead atoms. The molecular formula is C26H44N7O18P3. The lowest BCUT2D eigenvalue weighted by Crippen LogP contribution is -2.46. The fraction of sp³-hybridized carbons (Fsp3) is 0.692. The van der Waals surface area contributed by atoms with Crippen molar-refractivity contribution in [1.29, 1.82) is 0 Å². The van der Waals surface area contributed by atoms with Gasteiger partial charge in [0.15, 0.2) is 17.7 Å². The highest BCUT2D eigenvalue weighted by atomic mass is 31.3. The van der Waals surface area contributed by atoms with Crippen molar-refractivity contribution in [1.82, 2.24) is 30.2 Å². The highest BCUT2D eigenvalue weighted by Crippen LogP contribution is 2.61. The minimum atomic E-state index is -5.58. The van der Waals surface area contributed by atoms with Crippen LogP contribution in [0.25, 0.3) is 11.2 Å². The highest BCUT2D eigenvalue weighted by molar-refractivity contribution is 7.61. The van der Waals surface area contributed by atoms with E-state index in [0.717, 1.165) is 17.2 Å². The number of ketones is 1. The normalized spacial score (nSPS) is 23.2. The average Bonchev–Trinajstić information content (AvgIpc) is 3.62. The summed E-state index contributed by atoms with van der Waals surface area (Å²) in [6.45, 7) is 3.20. The second kappa shape index (κ2) is 18.4. The van der Waals surface area contributed by atoms with Gasteiger partial charge in [-0.15, -0.1) is 0 Å². The zero-order valence-electron chi connectivity index (χ0n) is 29.3. The molecule has 0 aromatic carbocycles. The van der Waals surface area contributed by atoms with Gasteiger partial charge >= 0.3 is 23.5 Å². The smallest absolute Gasteiger partial charge is 0.393 e. The molecule has 2 aromatic rings. The number of hydrogen-bond acceptors (Lipinski definition) is 18. The molecular weight excluding hydrogens is 791 g/mol. The number of imidazole rings is 1. The number of ether oxygens (including phenoxy) is 1. The van der Waals surface area contributed by atoms with Crippen molar-refractivity contribution in [3.8, 4) is 0 Å². The Kier molecular flexibility index (Phi) is 15.5. The number of rotatable bonds is 21. The Hall–Kier alpha value is -2.83. The van der Waals surface area contributed by atoms with Crippen molar-refractivity contribution in [3.05, 3.63) is 12.7 Å². The average molecular weight is 836 g/mol. The summed E-state index contributed by atoms with van der Waals surface area (Å²) in [5, 5.41) is 35.6. The Bertz CT molecular complexity index is 1790. The Morgan fingerprint density at radius 2 is 1.63 bits per heavy atom. The van der Waals surface area contributed by atoms with Gasteiger partial charge in [-0.2, -0.15) is 4.31 Å². The molecule has 54 heavy (non-hydrogen) atoms. The van der Waals surface area contributed by atoms with Crippen molar-refractivity contribution in [3.63, 3.8) is 0 Å². The number of aliphatic hydroxyl groups is 3. The van der Waals surface area contributed by atoms with Crippen molar-refractivity contribution >= 4 is 58.0 Å². The number of phosphoric acid groups is 3. The molecule has 28 heteroatoms. The number of nitrogens with one attached hydrogen (secondary N) is 2. The molecule has 0 radical (unpaired) electrons. The van der Waals surface area contributed by atoms with Gasteiger partial charge in [0.05, 0.1) is 25.6 Å². The SMILES string of the molecule is CC(O)C(C)C(=O)CCNC(=O)CCNC(=O)C(O)C(C)(C)COP(=O)(O)OP(=O)(O)OCC1OC(n2cnc3c(N)ncnc32)C(O)C1OP(=O)(O)O. The molecule has 0 saturated carbocycles. The van der Waals surface area contributed by atoms with E-state index >= 15 is 0 Å². The summed E-state index contributed by atoms with van der Waals surface area (Å²) in [6, 6.07) is 0. The van der Waals surface area contributed by atoms with Crippen LogP contribution in [0.3, 0.4) is 0 Å². The molecule has 1 fully saturated rings. The zero-order valence-corrected chi connectivity index (χ0v) is 32.0. The quantitative estimate of drug-likeness (QED) is 0.0632. The van der Waals surface area contributed by atoms with Gasteiger partial charge in [-0.3, -0.25) is 32.5 Å². The minimum Gasteiger partial charge on any atom is -0.393 e. The van der Waals surface area contributed by atoms with Crippen molar-refractivity contribution in [2.45, 2.75) is 77.3 Å². The van der Waals surface area contributed by atoms with Crippen LogP contribution >= 0.6 is 23.5 Å². The first-order valence-corrected chi connectivity index (χ1v) is 20.5. The fourth-order valence-electron chi connectivity index (χ4n) is 4.76. The second-order valence-electron chi connectivity index (χ2n) is 12.8. The number of carbonyl (C=O) groups excluding carboxylic acids is 3. The van der Waals surface area contributed by atoms with Gasteiger partial charge in [0, 0.05) is 37.3 Å². The van der Waals surface area contributed by atoms with E-state index in [1.165, 1.54) is 20.8 Å². The van der Waals surface area contributed by atoms with E-state index in [1.54, 1.807) is 6.92 Å². The van der Waals surface area contributed by atoms with E-state index < -0.39 is 96.6 Å². The van der Waals surface area contributed by atoms with Crippen LogP contribution in [0, 0.1) is 11.3 Å². The third kappa shape index (κ3) is 12.9. The Balaban J connectivity index is 1.52. The molecule has 3 rings (SSSR count). The molecule has 3 heterocycles. The first-order chi connectivity index (χ1) is 24.8. The van der Waals surface area contributed by atoms with Gasteiger partial charge in [0.2, 0.25) is 11.8 Å². The number of anilines is 1. The Morgan fingerprint density at radius 1 is 1.00 bits per heavy atom. The molecule has 1 saturated heterocycles. The monoisotopic (exact) mass is 835 g/mol. The summed E-state index contributed by atoms with van der Waals surface area (Å²) < 4.78 is 61.9. The molecule has 306 valence electrons. The predicted molar refractivity (Wildman–Crippen MR) is 180 cm³/mol. The highest BCUT2D eigenvalue weighted by Gasteiger charge is 2.50. The van der Waals surface area contributed by atoms with Gasteiger partial charge in [0.25, 0.3) is 0 Å². The topological polar surface area (TPSA) is 384 Å². The summed E-state index contributed by atoms with van der Waals surface area (Å²) in [5.74, 6) is -2.43. The number of fused-ring (bicyclic) bond motifs is 1. The number of nitrogens with two attached hydrogens (primary N) is 1. The number of carbonyl (C=O) groups is 3. The van der Waals surface area contributed by atoms with Crippen LogP contribution in [0.2, 0.25) is 0 Å². The molecule has 25 nitrogen and oxygen atoms in total. The lowest BCUT2D eigenvalue weighted by molar-refractivity contribution is -0.137. The van der Waals surface area contributed by atoms with Crippen molar-refractivity contribution in [2.75, 3.05) is 32.0 Å².